The molecule has 3 aromatic heterocycles. The molecule has 1 aliphatic rings. The number of pyridine rings is 1. The van der Waals surface area contributed by atoms with Gasteiger partial charge in [-0.15, -0.1) is 0 Å². The first-order chi connectivity index (χ1) is 14.5. The van der Waals surface area contributed by atoms with Crippen LogP contribution in [-0.4, -0.2) is 39.1 Å². The maximum Gasteiger partial charge on any atom is 0.287 e. The van der Waals surface area contributed by atoms with E-state index in [-0.39, 0.29) is 16.7 Å². The van der Waals surface area contributed by atoms with Gasteiger partial charge in [0.05, 0.1) is 24.1 Å². The Balaban J connectivity index is 1.48. The standard InChI is InChI=1S/C21H24ClN5O3/c1-4-8-27-21(28)20(22)17(11-24-27)26-9-6-16(12-26)29-18-10-15(5-7-23-18)19-13(2)25-30-14(19)3/h5,7,10-11,16H,4,6,8-9,12H2,1-3H3/t16-/m1/s1. The minimum Gasteiger partial charge on any atom is -0.472 e. The number of nitrogens with zero attached hydrogens (tertiary/aromatic N) is 5. The normalized spacial score (nSPS) is 16.3. The van der Waals surface area contributed by atoms with E-state index >= 15 is 0 Å². The summed E-state index contributed by atoms with van der Waals surface area (Å²) in [6, 6.07) is 3.81. The van der Waals surface area contributed by atoms with E-state index in [9.17, 15) is 4.79 Å². The number of hydrogen-bond donors (Lipinski definition) is 0. The van der Waals surface area contributed by atoms with Gasteiger partial charge in [-0.2, -0.15) is 5.10 Å². The molecule has 0 unspecified atom stereocenters. The zero-order valence-electron chi connectivity index (χ0n) is 17.3. The van der Waals surface area contributed by atoms with Crippen molar-refractivity contribution in [3.8, 4) is 17.0 Å². The molecule has 0 amide bonds. The zero-order chi connectivity index (χ0) is 21.3. The smallest absolute Gasteiger partial charge is 0.287 e. The first-order valence-corrected chi connectivity index (χ1v) is 10.4. The van der Waals surface area contributed by atoms with Gasteiger partial charge in [0.1, 0.15) is 16.9 Å². The molecule has 1 aliphatic heterocycles. The van der Waals surface area contributed by atoms with Crippen molar-refractivity contribution in [2.24, 2.45) is 0 Å². The molecule has 9 heteroatoms. The molecule has 0 aromatic carbocycles. The van der Waals surface area contributed by atoms with E-state index in [4.69, 9.17) is 20.9 Å². The van der Waals surface area contributed by atoms with E-state index in [1.54, 1.807) is 12.4 Å². The molecule has 1 saturated heterocycles. The fourth-order valence-electron chi connectivity index (χ4n) is 3.79. The van der Waals surface area contributed by atoms with Crippen LogP contribution in [0.1, 0.15) is 31.2 Å². The second kappa shape index (κ2) is 8.47. The van der Waals surface area contributed by atoms with Crippen LogP contribution in [0.25, 0.3) is 11.1 Å². The van der Waals surface area contributed by atoms with E-state index in [1.807, 2.05) is 37.8 Å². The summed E-state index contributed by atoms with van der Waals surface area (Å²) in [6.45, 7) is 7.68. The third-order valence-electron chi connectivity index (χ3n) is 5.23. The molecule has 4 heterocycles. The highest BCUT2D eigenvalue weighted by molar-refractivity contribution is 6.33. The Bertz CT molecular complexity index is 1090. The number of halogens is 1. The van der Waals surface area contributed by atoms with Crippen molar-refractivity contribution < 1.29 is 9.26 Å². The Hall–Kier alpha value is -2.87. The molecule has 8 nitrogen and oxygen atoms in total. The van der Waals surface area contributed by atoms with Crippen LogP contribution in [0.5, 0.6) is 5.88 Å². The van der Waals surface area contributed by atoms with Crippen molar-refractivity contribution in [3.63, 3.8) is 0 Å². The Labute approximate surface area is 179 Å². The molecule has 0 spiro atoms. The van der Waals surface area contributed by atoms with Crippen molar-refractivity contribution in [2.45, 2.75) is 46.3 Å². The summed E-state index contributed by atoms with van der Waals surface area (Å²) in [6.07, 6.45) is 4.94. The largest absolute Gasteiger partial charge is 0.472 e. The average molecular weight is 430 g/mol. The topological polar surface area (TPSA) is 86.3 Å². The van der Waals surface area contributed by atoms with Gasteiger partial charge >= 0.3 is 0 Å². The lowest BCUT2D eigenvalue weighted by Crippen LogP contribution is -2.29. The van der Waals surface area contributed by atoms with Crippen LogP contribution in [0.4, 0.5) is 5.69 Å². The summed E-state index contributed by atoms with van der Waals surface area (Å²) in [5.41, 5.74) is 3.14. The Kier molecular flexibility index (Phi) is 5.76. The molecule has 1 fully saturated rings. The molecule has 0 radical (unpaired) electrons. The lowest BCUT2D eigenvalue weighted by atomic mass is 10.1. The highest BCUT2D eigenvalue weighted by Crippen LogP contribution is 2.30. The zero-order valence-corrected chi connectivity index (χ0v) is 18.0. The van der Waals surface area contributed by atoms with E-state index in [0.29, 0.717) is 24.7 Å². The quantitative estimate of drug-likeness (QED) is 0.591. The Morgan fingerprint density at radius 3 is 2.93 bits per heavy atom. The maximum atomic E-state index is 12.4. The monoisotopic (exact) mass is 429 g/mol. The first kappa shape index (κ1) is 20.4. The molecule has 30 heavy (non-hydrogen) atoms. The van der Waals surface area contributed by atoms with Crippen molar-refractivity contribution in [1.82, 2.24) is 19.9 Å². The molecule has 4 rings (SSSR count). The maximum absolute atomic E-state index is 12.4. The SMILES string of the molecule is CCCn1ncc(N2CC[C@@H](Oc3cc(-c4c(C)noc4C)ccn3)C2)c(Cl)c1=O. The van der Waals surface area contributed by atoms with Crippen molar-refractivity contribution >= 4 is 17.3 Å². The van der Waals surface area contributed by atoms with Gasteiger partial charge in [-0.05, 0) is 31.9 Å². The summed E-state index contributed by atoms with van der Waals surface area (Å²) in [5.74, 6) is 1.30. The van der Waals surface area contributed by atoms with E-state index in [1.165, 1.54) is 4.68 Å². The summed E-state index contributed by atoms with van der Waals surface area (Å²) >= 11 is 6.35. The van der Waals surface area contributed by atoms with Crippen LogP contribution in [0.15, 0.2) is 33.8 Å². The number of anilines is 1. The molecule has 158 valence electrons. The van der Waals surface area contributed by atoms with E-state index in [2.05, 4.69) is 15.2 Å². The van der Waals surface area contributed by atoms with Gasteiger partial charge in [0.15, 0.2) is 0 Å². The predicted molar refractivity (Wildman–Crippen MR) is 114 cm³/mol. The fraction of sp³-hybridized carbons (Fsp3) is 0.429. The Morgan fingerprint density at radius 2 is 2.20 bits per heavy atom. The summed E-state index contributed by atoms with van der Waals surface area (Å²) in [5, 5.41) is 8.47. The molecule has 0 aliphatic carbocycles. The first-order valence-electron chi connectivity index (χ1n) is 10.0. The molecular weight excluding hydrogens is 406 g/mol. The highest BCUT2D eigenvalue weighted by Gasteiger charge is 2.27. The summed E-state index contributed by atoms with van der Waals surface area (Å²) < 4.78 is 12.8. The van der Waals surface area contributed by atoms with Crippen LogP contribution in [0.2, 0.25) is 5.02 Å². The van der Waals surface area contributed by atoms with Gasteiger partial charge in [0.2, 0.25) is 5.88 Å². The minimum atomic E-state index is -0.255. The van der Waals surface area contributed by atoms with Crippen LogP contribution in [-0.2, 0) is 6.54 Å². The van der Waals surface area contributed by atoms with Gasteiger partial charge in [-0.3, -0.25) is 4.79 Å². The van der Waals surface area contributed by atoms with Crippen molar-refractivity contribution in [1.29, 1.82) is 0 Å². The van der Waals surface area contributed by atoms with Gasteiger partial charge < -0.3 is 14.2 Å². The number of hydrogen-bond acceptors (Lipinski definition) is 7. The second-order valence-corrected chi connectivity index (χ2v) is 7.81. The molecule has 0 saturated carbocycles. The number of aryl methyl sites for hydroxylation is 3. The third kappa shape index (κ3) is 3.92. The van der Waals surface area contributed by atoms with Gasteiger partial charge in [0.25, 0.3) is 5.56 Å². The van der Waals surface area contributed by atoms with Crippen LogP contribution in [0, 0.1) is 13.8 Å². The van der Waals surface area contributed by atoms with E-state index < -0.39 is 0 Å². The molecule has 0 N–H and O–H groups in total. The van der Waals surface area contributed by atoms with E-state index in [0.717, 1.165) is 42.0 Å². The summed E-state index contributed by atoms with van der Waals surface area (Å²) in [4.78, 5) is 18.8. The van der Waals surface area contributed by atoms with Gasteiger partial charge in [-0.1, -0.05) is 23.7 Å². The van der Waals surface area contributed by atoms with Gasteiger partial charge in [-0.25, -0.2) is 9.67 Å². The number of rotatable bonds is 6. The van der Waals surface area contributed by atoms with Crippen LogP contribution in [0.3, 0.4) is 0 Å². The van der Waals surface area contributed by atoms with Crippen molar-refractivity contribution in [2.75, 3.05) is 18.0 Å². The number of aromatic nitrogens is 4. The van der Waals surface area contributed by atoms with Gasteiger partial charge in [0, 0.05) is 37.3 Å². The molecule has 0 bridgehead atoms. The summed E-state index contributed by atoms with van der Waals surface area (Å²) in [7, 11) is 0. The highest BCUT2D eigenvalue weighted by atomic mass is 35.5. The molecule has 1 atom stereocenters. The molecular formula is C21H24ClN5O3. The third-order valence-corrected chi connectivity index (χ3v) is 5.59. The minimum absolute atomic E-state index is 0.0634. The lowest BCUT2D eigenvalue weighted by molar-refractivity contribution is 0.216. The second-order valence-electron chi connectivity index (χ2n) is 7.43. The average Bonchev–Trinajstić information content (AvgIpc) is 3.32. The predicted octanol–water partition coefficient (Wildman–Crippen LogP) is 3.63. The fourth-order valence-corrected chi connectivity index (χ4v) is 4.05. The lowest BCUT2D eigenvalue weighted by Gasteiger charge is -2.20. The van der Waals surface area contributed by atoms with Crippen LogP contribution >= 0.6 is 11.6 Å². The van der Waals surface area contributed by atoms with Crippen molar-refractivity contribution in [3.05, 3.63) is 51.4 Å². The van der Waals surface area contributed by atoms with Crippen LogP contribution < -0.4 is 15.2 Å². The Morgan fingerprint density at radius 1 is 1.37 bits per heavy atom. The number of ether oxygens (including phenoxy) is 1. The molecule has 3 aromatic rings.